The van der Waals surface area contributed by atoms with E-state index in [1.54, 1.807) is 18.2 Å². The van der Waals surface area contributed by atoms with Crippen molar-refractivity contribution >= 4 is 35.0 Å². The third-order valence-corrected chi connectivity index (χ3v) is 6.57. The van der Waals surface area contributed by atoms with Gasteiger partial charge in [0.25, 0.3) is 0 Å². The molecule has 0 bridgehead atoms. The molecule has 0 spiro atoms. The molecule has 4 rings (SSSR count). The number of nitrogens with zero attached hydrogens (tertiary/aromatic N) is 3. The molecule has 2 atom stereocenters. The van der Waals surface area contributed by atoms with Gasteiger partial charge in [-0.3, -0.25) is 19.3 Å². The molecule has 1 saturated heterocycles. The van der Waals surface area contributed by atoms with Crippen molar-refractivity contribution in [2.75, 3.05) is 11.4 Å². The second kappa shape index (κ2) is 9.54. The zero-order valence-corrected chi connectivity index (χ0v) is 18.4. The van der Waals surface area contributed by atoms with Gasteiger partial charge in [-0.2, -0.15) is 5.26 Å². The molecule has 2 unspecified atom stereocenters. The molecule has 2 fully saturated rings. The van der Waals surface area contributed by atoms with Gasteiger partial charge in [-0.1, -0.05) is 54.8 Å². The molecule has 2 aromatic carbocycles. The molecule has 0 radical (unpaired) electrons. The molecule has 7 heteroatoms. The number of halogens is 1. The Bertz CT molecular complexity index is 1060. The van der Waals surface area contributed by atoms with Crippen LogP contribution >= 0.6 is 11.6 Å². The minimum Gasteiger partial charge on any atom is -0.307 e. The summed E-state index contributed by atoms with van der Waals surface area (Å²) in [5, 5.41) is 9.98. The first-order chi connectivity index (χ1) is 15.5. The van der Waals surface area contributed by atoms with Gasteiger partial charge in [0.1, 0.15) is 6.07 Å². The number of nitriles is 1. The maximum Gasteiger partial charge on any atom is 0.233 e. The van der Waals surface area contributed by atoms with E-state index in [2.05, 4.69) is 6.07 Å². The number of amides is 3. The molecule has 0 aromatic heterocycles. The van der Waals surface area contributed by atoms with Gasteiger partial charge in [0, 0.05) is 18.0 Å². The number of likely N-dealkylation sites (tertiary alicyclic amines) is 1. The molecule has 2 aliphatic rings. The Balaban J connectivity index is 1.56. The minimum absolute atomic E-state index is 0.0128. The highest BCUT2D eigenvalue weighted by molar-refractivity contribution is 6.31. The lowest BCUT2D eigenvalue weighted by Gasteiger charge is -2.25. The number of hydrogen-bond acceptors (Lipinski definition) is 4. The number of imide groups is 1. The highest BCUT2D eigenvalue weighted by Gasteiger charge is 2.47. The molecule has 1 saturated carbocycles. The molecular weight excluding hydrogens is 426 g/mol. The fraction of sp³-hybridized carbons (Fsp3) is 0.360. The molecule has 1 aliphatic carbocycles. The standard InChI is InChI=1S/C25H24ClN3O3/c26-19-11-10-18(15-27)22(14-19)29(16-17-6-2-1-3-7-17)23(30)12-13-28-24(31)20-8-4-5-9-21(20)25(28)32/h1-3,6-7,10-11,14,20-21H,4-5,8-9,12-13,16H2. The molecule has 32 heavy (non-hydrogen) atoms. The van der Waals surface area contributed by atoms with Gasteiger partial charge in [-0.15, -0.1) is 0 Å². The van der Waals surface area contributed by atoms with Crippen molar-refractivity contribution in [3.63, 3.8) is 0 Å². The Morgan fingerprint density at radius 3 is 2.34 bits per heavy atom. The Morgan fingerprint density at radius 1 is 1.06 bits per heavy atom. The molecule has 3 amide bonds. The van der Waals surface area contributed by atoms with E-state index in [0.29, 0.717) is 16.3 Å². The number of rotatable bonds is 6. The first-order valence-electron chi connectivity index (χ1n) is 10.9. The number of fused-ring (bicyclic) bond motifs is 1. The van der Waals surface area contributed by atoms with Crippen LogP contribution in [0.1, 0.15) is 43.2 Å². The molecular formula is C25H24ClN3O3. The Kier molecular flexibility index (Phi) is 6.57. The summed E-state index contributed by atoms with van der Waals surface area (Å²) in [7, 11) is 0. The quantitative estimate of drug-likeness (QED) is 0.615. The molecule has 6 nitrogen and oxygen atoms in total. The highest BCUT2D eigenvalue weighted by Crippen LogP contribution is 2.38. The maximum absolute atomic E-state index is 13.3. The third-order valence-electron chi connectivity index (χ3n) is 6.34. The van der Waals surface area contributed by atoms with Crippen LogP contribution in [-0.4, -0.2) is 29.2 Å². The summed E-state index contributed by atoms with van der Waals surface area (Å²) < 4.78 is 0. The van der Waals surface area contributed by atoms with Crippen LogP contribution in [0.5, 0.6) is 0 Å². The number of carbonyl (C=O) groups is 3. The first-order valence-corrected chi connectivity index (χ1v) is 11.3. The second-order valence-corrected chi connectivity index (χ2v) is 8.75. The van der Waals surface area contributed by atoms with Crippen LogP contribution in [0.2, 0.25) is 5.02 Å². The molecule has 2 aromatic rings. The largest absolute Gasteiger partial charge is 0.307 e. The summed E-state index contributed by atoms with van der Waals surface area (Å²) in [6.45, 7) is 0.305. The average Bonchev–Trinajstić information content (AvgIpc) is 3.06. The van der Waals surface area contributed by atoms with Gasteiger partial charge in [0.2, 0.25) is 17.7 Å². The van der Waals surface area contributed by atoms with Crippen molar-refractivity contribution in [2.24, 2.45) is 11.8 Å². The van der Waals surface area contributed by atoms with Crippen molar-refractivity contribution in [3.05, 3.63) is 64.7 Å². The predicted octanol–water partition coefficient (Wildman–Crippen LogP) is 4.31. The van der Waals surface area contributed by atoms with Crippen molar-refractivity contribution in [2.45, 2.75) is 38.6 Å². The van der Waals surface area contributed by atoms with E-state index in [0.717, 1.165) is 31.2 Å². The van der Waals surface area contributed by atoms with Gasteiger partial charge in [-0.05, 0) is 36.6 Å². The summed E-state index contributed by atoms with van der Waals surface area (Å²) in [6, 6.07) is 16.4. The number of benzene rings is 2. The first kappa shape index (κ1) is 22.0. The average molecular weight is 450 g/mol. The van der Waals surface area contributed by atoms with Gasteiger partial charge < -0.3 is 4.90 Å². The van der Waals surface area contributed by atoms with E-state index < -0.39 is 0 Å². The lowest BCUT2D eigenvalue weighted by molar-refractivity contribution is -0.140. The minimum atomic E-state index is -0.275. The normalized spacial score (nSPS) is 20.1. The van der Waals surface area contributed by atoms with Crippen molar-refractivity contribution in [3.8, 4) is 6.07 Å². The van der Waals surface area contributed by atoms with Crippen LogP contribution in [0.4, 0.5) is 5.69 Å². The Morgan fingerprint density at radius 2 is 1.72 bits per heavy atom. The second-order valence-electron chi connectivity index (χ2n) is 8.31. The summed E-state index contributed by atoms with van der Waals surface area (Å²) in [5.41, 5.74) is 1.64. The lowest BCUT2D eigenvalue weighted by Crippen LogP contribution is -2.37. The number of carbonyl (C=O) groups excluding carboxylic acids is 3. The van der Waals surface area contributed by atoms with Crippen LogP contribution in [0.25, 0.3) is 0 Å². The molecule has 164 valence electrons. The number of hydrogen-bond donors (Lipinski definition) is 0. The van der Waals surface area contributed by atoms with Gasteiger partial charge in [0.05, 0.1) is 29.6 Å². The van der Waals surface area contributed by atoms with E-state index in [1.807, 2.05) is 30.3 Å². The van der Waals surface area contributed by atoms with Gasteiger partial charge >= 0.3 is 0 Å². The van der Waals surface area contributed by atoms with Crippen LogP contribution in [0, 0.1) is 23.2 Å². The summed E-state index contributed by atoms with van der Waals surface area (Å²) in [5.74, 6) is -1.04. The van der Waals surface area contributed by atoms with Crippen LogP contribution in [0.15, 0.2) is 48.5 Å². The highest BCUT2D eigenvalue weighted by atomic mass is 35.5. The van der Waals surface area contributed by atoms with Gasteiger partial charge in [0.15, 0.2) is 0 Å². The Labute approximate surface area is 192 Å². The van der Waals surface area contributed by atoms with Crippen LogP contribution in [0.3, 0.4) is 0 Å². The maximum atomic E-state index is 13.3. The lowest BCUT2D eigenvalue weighted by atomic mass is 9.81. The fourth-order valence-electron chi connectivity index (χ4n) is 4.69. The number of anilines is 1. The van der Waals surface area contributed by atoms with Crippen LogP contribution in [-0.2, 0) is 20.9 Å². The van der Waals surface area contributed by atoms with E-state index in [9.17, 15) is 19.6 Å². The van der Waals surface area contributed by atoms with E-state index >= 15 is 0 Å². The molecule has 1 heterocycles. The van der Waals surface area contributed by atoms with Crippen molar-refractivity contribution < 1.29 is 14.4 Å². The SMILES string of the molecule is N#Cc1ccc(Cl)cc1N(Cc1ccccc1)C(=O)CCN1C(=O)C2CCCCC2C1=O. The predicted molar refractivity (Wildman–Crippen MR) is 121 cm³/mol. The summed E-state index contributed by atoms with van der Waals surface area (Å²) >= 11 is 6.17. The topological polar surface area (TPSA) is 81.5 Å². The smallest absolute Gasteiger partial charge is 0.233 e. The summed E-state index contributed by atoms with van der Waals surface area (Å²) in [4.78, 5) is 41.6. The zero-order chi connectivity index (χ0) is 22.7. The van der Waals surface area contributed by atoms with Crippen molar-refractivity contribution in [1.29, 1.82) is 5.26 Å². The van der Waals surface area contributed by atoms with Crippen LogP contribution < -0.4 is 4.90 Å². The Hall–Kier alpha value is -3.17. The van der Waals surface area contributed by atoms with E-state index in [4.69, 9.17) is 11.6 Å². The van der Waals surface area contributed by atoms with Gasteiger partial charge in [-0.25, -0.2) is 0 Å². The summed E-state index contributed by atoms with van der Waals surface area (Å²) in [6.07, 6.45) is 3.40. The monoisotopic (exact) mass is 449 g/mol. The fourth-order valence-corrected chi connectivity index (χ4v) is 4.86. The third kappa shape index (κ3) is 4.39. The van der Waals surface area contributed by atoms with E-state index in [1.165, 1.54) is 9.80 Å². The molecule has 1 aliphatic heterocycles. The molecule has 0 N–H and O–H groups in total. The van der Waals surface area contributed by atoms with Crippen molar-refractivity contribution in [1.82, 2.24) is 4.90 Å². The zero-order valence-electron chi connectivity index (χ0n) is 17.7. The van der Waals surface area contributed by atoms with E-state index in [-0.39, 0.29) is 49.1 Å².